The third kappa shape index (κ3) is 7.94. The first-order chi connectivity index (χ1) is 18.9. The van der Waals surface area contributed by atoms with Crippen LogP contribution in [0.15, 0.2) is 77.7 Å². The second-order valence-corrected chi connectivity index (χ2v) is 12.6. The number of anilines is 1. The number of amides is 2. The van der Waals surface area contributed by atoms with Crippen LogP contribution in [0.3, 0.4) is 0 Å². The summed E-state index contributed by atoms with van der Waals surface area (Å²) in [6.07, 6.45) is 0.385. The van der Waals surface area contributed by atoms with Crippen molar-refractivity contribution in [1.29, 1.82) is 0 Å². The lowest BCUT2D eigenvalue weighted by molar-refractivity contribution is -0.140. The van der Waals surface area contributed by atoms with Gasteiger partial charge in [0.05, 0.1) is 10.6 Å². The van der Waals surface area contributed by atoms with Crippen molar-refractivity contribution < 1.29 is 18.0 Å². The lowest BCUT2D eigenvalue weighted by atomic mass is 10.1. The third-order valence-electron chi connectivity index (χ3n) is 6.65. The maximum atomic E-state index is 14.1. The molecule has 0 heterocycles. The summed E-state index contributed by atoms with van der Waals surface area (Å²) in [5.74, 6) is -0.454. The molecule has 3 aromatic carbocycles. The summed E-state index contributed by atoms with van der Waals surface area (Å²) in [7, 11) is -4.08. The number of carbonyl (C=O) groups is 2. The Morgan fingerprint density at radius 1 is 0.850 bits per heavy atom. The minimum Gasteiger partial charge on any atom is -0.354 e. The molecule has 1 atom stereocenters. The fraction of sp³-hybridized carbons (Fsp3) is 0.375. The molecule has 0 saturated heterocycles. The van der Waals surface area contributed by atoms with E-state index < -0.39 is 28.5 Å². The number of rotatable bonds is 12. The van der Waals surface area contributed by atoms with E-state index in [9.17, 15) is 18.0 Å². The Labute approximate surface area is 239 Å². The molecule has 1 N–H and O–H groups in total. The van der Waals surface area contributed by atoms with E-state index in [1.54, 1.807) is 30.3 Å². The Balaban J connectivity index is 2.06. The van der Waals surface area contributed by atoms with E-state index in [0.29, 0.717) is 18.7 Å². The van der Waals surface area contributed by atoms with Crippen molar-refractivity contribution in [3.8, 4) is 0 Å². The molecule has 0 radical (unpaired) electrons. The average Bonchev–Trinajstić information content (AvgIpc) is 2.91. The van der Waals surface area contributed by atoms with Gasteiger partial charge in [0.25, 0.3) is 10.0 Å². The molecule has 8 heteroatoms. The molecule has 0 aliphatic carbocycles. The first-order valence-corrected chi connectivity index (χ1v) is 15.1. The minimum absolute atomic E-state index is 0.0914. The fourth-order valence-corrected chi connectivity index (χ4v) is 5.99. The Morgan fingerprint density at radius 3 is 2.00 bits per heavy atom. The first-order valence-electron chi connectivity index (χ1n) is 13.7. The van der Waals surface area contributed by atoms with Crippen molar-refractivity contribution >= 4 is 27.5 Å². The normalized spacial score (nSPS) is 12.2. The summed E-state index contributed by atoms with van der Waals surface area (Å²) in [5, 5.41) is 2.95. The van der Waals surface area contributed by atoms with Crippen molar-refractivity contribution in [2.75, 3.05) is 17.4 Å². The highest BCUT2D eigenvalue weighted by molar-refractivity contribution is 7.92. The van der Waals surface area contributed by atoms with E-state index in [2.05, 4.69) is 5.32 Å². The van der Waals surface area contributed by atoms with Crippen molar-refractivity contribution in [3.05, 3.63) is 95.1 Å². The highest BCUT2D eigenvalue weighted by atomic mass is 32.2. The Hall–Kier alpha value is -3.65. The number of benzene rings is 3. The summed E-state index contributed by atoms with van der Waals surface area (Å²) in [4.78, 5) is 29.0. The number of hydrogen-bond donors (Lipinski definition) is 1. The maximum absolute atomic E-state index is 14.1. The summed E-state index contributed by atoms with van der Waals surface area (Å²) in [5.41, 5.74) is 4.11. The molecule has 7 nitrogen and oxygen atoms in total. The van der Waals surface area contributed by atoms with Crippen LogP contribution in [0.25, 0.3) is 0 Å². The molecule has 0 aliphatic heterocycles. The predicted octanol–water partition coefficient (Wildman–Crippen LogP) is 5.39. The van der Waals surface area contributed by atoms with Crippen LogP contribution in [0.1, 0.15) is 49.4 Å². The number of sulfonamides is 1. The molecule has 214 valence electrons. The van der Waals surface area contributed by atoms with Gasteiger partial charge < -0.3 is 10.2 Å². The summed E-state index contributed by atoms with van der Waals surface area (Å²) in [6, 6.07) is 20.6. The molecule has 3 rings (SSSR count). The highest BCUT2D eigenvalue weighted by Crippen LogP contribution is 2.27. The maximum Gasteiger partial charge on any atom is 0.264 e. The van der Waals surface area contributed by atoms with Gasteiger partial charge in [-0.1, -0.05) is 74.9 Å². The molecule has 2 amide bonds. The van der Waals surface area contributed by atoms with Gasteiger partial charge >= 0.3 is 0 Å². The quantitative estimate of drug-likeness (QED) is 0.320. The fourth-order valence-electron chi connectivity index (χ4n) is 4.58. The van der Waals surface area contributed by atoms with Crippen molar-refractivity contribution in [3.63, 3.8) is 0 Å². The largest absolute Gasteiger partial charge is 0.354 e. The molecule has 1 unspecified atom stereocenters. The number of nitrogens with zero attached hydrogens (tertiary/aromatic N) is 2. The van der Waals surface area contributed by atoms with E-state index >= 15 is 0 Å². The summed E-state index contributed by atoms with van der Waals surface area (Å²) in [6.45, 7) is 11.9. The van der Waals surface area contributed by atoms with Crippen molar-refractivity contribution in [2.45, 2.75) is 65.4 Å². The van der Waals surface area contributed by atoms with Gasteiger partial charge in [-0.2, -0.15) is 0 Å². The average molecular weight is 564 g/mol. The zero-order valence-electron chi connectivity index (χ0n) is 24.3. The molecule has 0 fully saturated rings. The zero-order valence-corrected chi connectivity index (χ0v) is 25.2. The second-order valence-electron chi connectivity index (χ2n) is 10.7. The van der Waals surface area contributed by atoms with Crippen LogP contribution < -0.4 is 9.62 Å². The molecule has 0 aliphatic rings. The number of nitrogens with one attached hydrogen (secondary N) is 1. The van der Waals surface area contributed by atoms with E-state index in [1.165, 1.54) is 17.0 Å². The van der Waals surface area contributed by atoms with Gasteiger partial charge in [0.2, 0.25) is 11.8 Å². The standard InChI is InChI=1S/C32H41N3O4S/c1-7-30(32(37)33-20-23(2)3)34(21-27-15-13-24(4)14-16-27)31(36)22-35(28-18-25(5)17-26(6)19-28)40(38,39)29-11-9-8-10-12-29/h8-19,23,30H,7,20-22H2,1-6H3,(H,33,37). The lowest BCUT2D eigenvalue weighted by Crippen LogP contribution is -2.52. The Morgan fingerprint density at radius 2 is 1.45 bits per heavy atom. The molecular weight excluding hydrogens is 522 g/mol. The third-order valence-corrected chi connectivity index (χ3v) is 8.44. The number of aryl methyl sites for hydroxylation is 3. The zero-order chi connectivity index (χ0) is 29.4. The van der Waals surface area contributed by atoms with Gasteiger partial charge in [0.15, 0.2) is 0 Å². The first kappa shape index (κ1) is 30.9. The van der Waals surface area contributed by atoms with Crippen molar-refractivity contribution in [2.24, 2.45) is 5.92 Å². The van der Waals surface area contributed by atoms with E-state index in [1.807, 2.05) is 71.9 Å². The highest BCUT2D eigenvalue weighted by Gasteiger charge is 2.33. The van der Waals surface area contributed by atoms with Crippen LogP contribution in [0, 0.1) is 26.7 Å². The molecule has 0 bridgehead atoms. The monoisotopic (exact) mass is 563 g/mol. The van der Waals surface area contributed by atoms with Gasteiger partial charge in [0.1, 0.15) is 12.6 Å². The SMILES string of the molecule is CCC(C(=O)NCC(C)C)N(Cc1ccc(C)cc1)C(=O)CN(c1cc(C)cc(C)c1)S(=O)(=O)c1ccccc1. The van der Waals surface area contributed by atoms with E-state index in [-0.39, 0.29) is 23.3 Å². The van der Waals surface area contributed by atoms with Gasteiger partial charge in [-0.05, 0) is 74.1 Å². The van der Waals surface area contributed by atoms with Crippen LogP contribution in [-0.2, 0) is 26.2 Å². The second kappa shape index (κ2) is 13.6. The minimum atomic E-state index is -4.08. The molecule has 0 aromatic heterocycles. The molecular formula is C32H41N3O4S. The van der Waals surface area contributed by atoms with Crippen molar-refractivity contribution in [1.82, 2.24) is 10.2 Å². The van der Waals surface area contributed by atoms with Gasteiger partial charge in [-0.3, -0.25) is 13.9 Å². The predicted molar refractivity (Wildman–Crippen MR) is 161 cm³/mol. The van der Waals surface area contributed by atoms with Crippen LogP contribution >= 0.6 is 0 Å². The Bertz CT molecular complexity index is 1380. The van der Waals surface area contributed by atoms with Crippen LogP contribution in [0.2, 0.25) is 0 Å². The van der Waals surface area contributed by atoms with E-state index in [4.69, 9.17) is 0 Å². The molecule has 40 heavy (non-hydrogen) atoms. The van der Waals surface area contributed by atoms with E-state index in [0.717, 1.165) is 26.6 Å². The topological polar surface area (TPSA) is 86.8 Å². The molecule has 3 aromatic rings. The van der Waals surface area contributed by atoms with Gasteiger partial charge in [0, 0.05) is 13.1 Å². The van der Waals surface area contributed by atoms with Crippen LogP contribution in [0.5, 0.6) is 0 Å². The smallest absolute Gasteiger partial charge is 0.264 e. The molecule has 0 spiro atoms. The van der Waals surface area contributed by atoms with Gasteiger partial charge in [-0.25, -0.2) is 8.42 Å². The van der Waals surface area contributed by atoms with Crippen LogP contribution in [-0.4, -0.2) is 44.3 Å². The molecule has 0 saturated carbocycles. The number of hydrogen-bond acceptors (Lipinski definition) is 4. The summed E-state index contributed by atoms with van der Waals surface area (Å²) >= 11 is 0. The lowest BCUT2D eigenvalue weighted by Gasteiger charge is -2.33. The van der Waals surface area contributed by atoms with Crippen LogP contribution in [0.4, 0.5) is 5.69 Å². The Kier molecular flexibility index (Phi) is 10.5. The number of carbonyl (C=O) groups excluding carboxylic acids is 2. The van der Waals surface area contributed by atoms with Gasteiger partial charge in [-0.15, -0.1) is 0 Å². The summed E-state index contributed by atoms with van der Waals surface area (Å²) < 4.78 is 29.0.